The SMILES string of the molecule is COc1ccc(S(=O)(=O)N(CC(C)C)C[C@@H](O)[C@H](Cc2ccccc2)NC(=O)OC2COC3OCC(C)C3C2)cc1. The molecular weight excluding hydrogens is 548 g/mol. The van der Waals surface area contributed by atoms with Crippen LogP contribution >= 0.6 is 0 Å². The van der Waals surface area contributed by atoms with E-state index in [9.17, 15) is 18.3 Å². The zero-order valence-corrected chi connectivity index (χ0v) is 25.0. The summed E-state index contributed by atoms with van der Waals surface area (Å²) in [6.07, 6.45) is -1.69. The fraction of sp³-hybridized carbons (Fsp3) is 0.567. The molecular formula is C30H42N2O8S. The summed E-state index contributed by atoms with van der Waals surface area (Å²) in [6.45, 7) is 6.73. The highest BCUT2D eigenvalue weighted by molar-refractivity contribution is 7.89. The number of ether oxygens (including phenoxy) is 4. The quantitative estimate of drug-likeness (QED) is 0.386. The minimum absolute atomic E-state index is 0.00203. The van der Waals surface area contributed by atoms with Gasteiger partial charge in [0.1, 0.15) is 11.9 Å². The number of aliphatic hydroxyl groups excluding tert-OH is 1. The number of sulfonamides is 1. The van der Waals surface area contributed by atoms with Crippen molar-refractivity contribution in [1.29, 1.82) is 0 Å². The summed E-state index contributed by atoms with van der Waals surface area (Å²) in [5.74, 6) is 0.998. The predicted molar refractivity (Wildman–Crippen MR) is 153 cm³/mol. The predicted octanol–water partition coefficient (Wildman–Crippen LogP) is 3.44. The Morgan fingerprint density at radius 1 is 1.07 bits per heavy atom. The molecule has 10 nitrogen and oxygen atoms in total. The van der Waals surface area contributed by atoms with Crippen LogP contribution in [0, 0.1) is 17.8 Å². The number of aliphatic hydroxyl groups is 1. The number of hydrogen-bond donors (Lipinski definition) is 2. The largest absolute Gasteiger partial charge is 0.497 e. The smallest absolute Gasteiger partial charge is 0.407 e. The number of fused-ring (bicyclic) bond motifs is 1. The van der Waals surface area contributed by atoms with Crippen molar-refractivity contribution in [1.82, 2.24) is 9.62 Å². The van der Waals surface area contributed by atoms with Crippen molar-refractivity contribution in [3.63, 3.8) is 0 Å². The van der Waals surface area contributed by atoms with Crippen LogP contribution < -0.4 is 10.1 Å². The van der Waals surface area contributed by atoms with Gasteiger partial charge in [0.15, 0.2) is 6.29 Å². The Kier molecular flexibility index (Phi) is 10.6. The topological polar surface area (TPSA) is 124 Å². The number of amides is 1. The van der Waals surface area contributed by atoms with Gasteiger partial charge in [0.2, 0.25) is 10.0 Å². The molecule has 4 unspecified atom stereocenters. The van der Waals surface area contributed by atoms with E-state index in [1.807, 2.05) is 44.2 Å². The van der Waals surface area contributed by atoms with E-state index in [1.54, 1.807) is 12.1 Å². The van der Waals surface area contributed by atoms with Gasteiger partial charge >= 0.3 is 6.09 Å². The van der Waals surface area contributed by atoms with E-state index in [-0.39, 0.29) is 49.1 Å². The van der Waals surface area contributed by atoms with Crippen LogP contribution in [0.15, 0.2) is 59.5 Å². The Balaban J connectivity index is 1.49. The molecule has 0 saturated carbocycles. The summed E-state index contributed by atoms with van der Waals surface area (Å²) in [7, 11) is -2.43. The summed E-state index contributed by atoms with van der Waals surface area (Å²) in [5.41, 5.74) is 0.881. The molecule has 2 saturated heterocycles. The van der Waals surface area contributed by atoms with Crippen LogP contribution in [0.25, 0.3) is 0 Å². The molecule has 0 radical (unpaired) electrons. The third kappa shape index (κ3) is 8.20. The first-order valence-electron chi connectivity index (χ1n) is 14.1. The van der Waals surface area contributed by atoms with Crippen molar-refractivity contribution in [2.75, 3.05) is 33.4 Å². The molecule has 0 bridgehead atoms. The monoisotopic (exact) mass is 590 g/mol. The Hall–Kier alpha value is -2.70. The van der Waals surface area contributed by atoms with Crippen LogP contribution in [0.5, 0.6) is 5.75 Å². The molecule has 4 rings (SSSR count). The summed E-state index contributed by atoms with van der Waals surface area (Å²) >= 11 is 0. The van der Waals surface area contributed by atoms with Crippen molar-refractivity contribution in [3.8, 4) is 5.75 Å². The Labute approximate surface area is 243 Å². The first-order chi connectivity index (χ1) is 19.6. The second-order valence-corrected chi connectivity index (χ2v) is 13.3. The number of carbonyl (C=O) groups excluding carboxylic acids is 1. The number of nitrogens with one attached hydrogen (secondary N) is 1. The minimum Gasteiger partial charge on any atom is -0.497 e. The number of methoxy groups -OCH3 is 1. The van der Waals surface area contributed by atoms with E-state index in [0.29, 0.717) is 24.7 Å². The zero-order chi connectivity index (χ0) is 29.6. The average Bonchev–Trinajstić information content (AvgIpc) is 3.32. The van der Waals surface area contributed by atoms with Gasteiger partial charge in [0.25, 0.3) is 0 Å². The molecule has 226 valence electrons. The molecule has 2 fully saturated rings. The van der Waals surface area contributed by atoms with Crippen LogP contribution in [0.2, 0.25) is 0 Å². The first-order valence-corrected chi connectivity index (χ1v) is 15.6. The van der Waals surface area contributed by atoms with Gasteiger partial charge in [-0.25, -0.2) is 13.2 Å². The fourth-order valence-electron chi connectivity index (χ4n) is 5.33. The van der Waals surface area contributed by atoms with E-state index in [2.05, 4.69) is 12.2 Å². The summed E-state index contributed by atoms with van der Waals surface area (Å²) < 4.78 is 50.8. The van der Waals surface area contributed by atoms with Gasteiger partial charge in [-0.1, -0.05) is 51.1 Å². The van der Waals surface area contributed by atoms with Crippen molar-refractivity contribution in [3.05, 3.63) is 60.2 Å². The van der Waals surface area contributed by atoms with Crippen LogP contribution in [0.4, 0.5) is 4.79 Å². The van der Waals surface area contributed by atoms with E-state index in [1.165, 1.54) is 23.5 Å². The molecule has 1 amide bonds. The van der Waals surface area contributed by atoms with Crippen molar-refractivity contribution in [2.24, 2.45) is 17.8 Å². The van der Waals surface area contributed by atoms with E-state index >= 15 is 0 Å². The highest BCUT2D eigenvalue weighted by Gasteiger charge is 2.42. The van der Waals surface area contributed by atoms with Gasteiger partial charge < -0.3 is 29.4 Å². The van der Waals surface area contributed by atoms with Crippen molar-refractivity contribution < 1.29 is 37.3 Å². The number of carbonyl (C=O) groups is 1. The Bertz CT molecular complexity index is 1220. The Morgan fingerprint density at radius 3 is 2.41 bits per heavy atom. The van der Waals surface area contributed by atoms with Crippen molar-refractivity contribution >= 4 is 16.1 Å². The molecule has 0 spiro atoms. The maximum Gasteiger partial charge on any atom is 0.407 e. The maximum atomic E-state index is 13.6. The molecule has 6 atom stereocenters. The van der Waals surface area contributed by atoms with Gasteiger partial charge in [0, 0.05) is 19.0 Å². The third-order valence-electron chi connectivity index (χ3n) is 7.58. The van der Waals surface area contributed by atoms with Crippen LogP contribution in [0.1, 0.15) is 32.8 Å². The van der Waals surface area contributed by atoms with E-state index in [0.717, 1.165) is 5.56 Å². The molecule has 11 heteroatoms. The highest BCUT2D eigenvalue weighted by Crippen LogP contribution is 2.35. The maximum absolute atomic E-state index is 13.6. The highest BCUT2D eigenvalue weighted by atomic mass is 32.2. The summed E-state index contributed by atoms with van der Waals surface area (Å²) in [4.78, 5) is 13.2. The lowest BCUT2D eigenvalue weighted by Crippen LogP contribution is -2.52. The first kappa shape index (κ1) is 31.2. The number of benzene rings is 2. The fourth-order valence-corrected chi connectivity index (χ4v) is 6.95. The van der Waals surface area contributed by atoms with E-state index in [4.69, 9.17) is 18.9 Å². The molecule has 2 aliphatic heterocycles. The van der Waals surface area contributed by atoms with Gasteiger partial charge in [-0.3, -0.25) is 0 Å². The lowest BCUT2D eigenvalue weighted by molar-refractivity contribution is -0.180. The van der Waals surface area contributed by atoms with Crippen LogP contribution in [0.3, 0.4) is 0 Å². The standard InChI is InChI=1S/C30H42N2O8S/c1-20(2)16-32(41(35,36)25-12-10-23(37-4)11-13-25)17-28(33)27(14-22-8-6-5-7-9-22)31-30(34)40-24-15-26-21(3)18-38-29(26)39-19-24/h5-13,20-21,24,26-29,33H,14-19H2,1-4H3,(H,31,34)/t21?,24?,26?,27-,28+,29?/m0/s1. The summed E-state index contributed by atoms with van der Waals surface area (Å²) in [6, 6.07) is 14.7. The third-order valence-corrected chi connectivity index (χ3v) is 9.43. The second kappa shape index (κ2) is 14.0. The molecule has 2 aromatic carbocycles. The molecule has 0 aliphatic carbocycles. The zero-order valence-electron chi connectivity index (χ0n) is 24.1. The summed E-state index contributed by atoms with van der Waals surface area (Å²) in [5, 5.41) is 14.2. The second-order valence-electron chi connectivity index (χ2n) is 11.3. The molecule has 0 aromatic heterocycles. The lowest BCUT2D eigenvalue weighted by atomic mass is 9.89. The number of nitrogens with zero attached hydrogens (tertiary/aromatic N) is 1. The van der Waals surface area contributed by atoms with Crippen LogP contribution in [-0.4, -0.2) is 81.9 Å². The van der Waals surface area contributed by atoms with Crippen LogP contribution in [-0.2, 0) is 30.7 Å². The number of rotatable bonds is 12. The number of hydrogen-bond acceptors (Lipinski definition) is 8. The van der Waals surface area contributed by atoms with Gasteiger partial charge in [0.05, 0.1) is 37.4 Å². The lowest BCUT2D eigenvalue weighted by Gasteiger charge is -2.33. The average molecular weight is 591 g/mol. The number of alkyl carbamates (subject to hydrolysis) is 1. The Morgan fingerprint density at radius 2 is 1.76 bits per heavy atom. The molecule has 2 aliphatic rings. The molecule has 41 heavy (non-hydrogen) atoms. The van der Waals surface area contributed by atoms with Gasteiger partial charge in [-0.15, -0.1) is 0 Å². The normalized spacial score (nSPS) is 24.1. The van der Waals surface area contributed by atoms with E-state index < -0.39 is 34.4 Å². The molecule has 2 N–H and O–H groups in total. The molecule has 2 aromatic rings. The van der Waals surface area contributed by atoms with Crippen molar-refractivity contribution in [2.45, 2.75) is 63.0 Å². The van der Waals surface area contributed by atoms with Gasteiger partial charge in [-0.05, 0) is 54.5 Å². The van der Waals surface area contributed by atoms with Gasteiger partial charge in [-0.2, -0.15) is 4.31 Å². The molecule has 2 heterocycles. The minimum atomic E-state index is -3.94.